The van der Waals surface area contributed by atoms with Crippen LogP contribution in [-0.2, 0) is 19.2 Å². The van der Waals surface area contributed by atoms with Gasteiger partial charge in [-0.05, 0) is 23.3 Å². The van der Waals surface area contributed by atoms with Crippen LogP contribution in [-0.4, -0.2) is 78.2 Å². The number of carboxylic acids is 1. The van der Waals surface area contributed by atoms with Crippen LogP contribution in [0.3, 0.4) is 0 Å². The zero-order valence-electron chi connectivity index (χ0n) is 18.5. The van der Waals surface area contributed by atoms with E-state index in [1.165, 1.54) is 47.9 Å². The van der Waals surface area contributed by atoms with E-state index in [1.807, 2.05) is 0 Å². The molecule has 17 heteroatoms. The zero-order chi connectivity index (χ0) is 26.9. The van der Waals surface area contributed by atoms with Crippen molar-refractivity contribution in [2.45, 2.75) is 28.7 Å². The van der Waals surface area contributed by atoms with Crippen LogP contribution >= 0.6 is 23.5 Å². The lowest BCUT2D eigenvalue weighted by atomic mass is 10.0. The molecule has 0 bridgehead atoms. The van der Waals surface area contributed by atoms with Gasteiger partial charge < -0.3 is 21.5 Å². The Hall–Kier alpha value is -3.57. The molecule has 1 saturated heterocycles. The maximum atomic E-state index is 12.8. The number of aromatic amines is 1. The highest BCUT2D eigenvalue weighted by Crippen LogP contribution is 2.41. The monoisotopic (exact) mass is 557 g/mol. The summed E-state index contributed by atoms with van der Waals surface area (Å²) < 4.78 is 37.5. The highest BCUT2D eigenvalue weighted by molar-refractivity contribution is 8.01. The predicted molar refractivity (Wildman–Crippen MR) is 125 cm³/mol. The van der Waals surface area contributed by atoms with Crippen LogP contribution in [0.4, 0.5) is 18.9 Å². The molecule has 0 spiro atoms. The number of H-pyrrole nitrogens is 1. The molecule has 2 aromatic rings. The fourth-order valence-corrected chi connectivity index (χ4v) is 5.89. The summed E-state index contributed by atoms with van der Waals surface area (Å²) in [5, 5.41) is 23.8. The molecule has 0 saturated carbocycles. The Morgan fingerprint density at radius 2 is 2.11 bits per heavy atom. The third kappa shape index (κ3) is 5.57. The van der Waals surface area contributed by atoms with Gasteiger partial charge in [0.25, 0.3) is 5.91 Å². The lowest BCUT2D eigenvalue weighted by molar-refractivity contribution is -0.167. The van der Waals surface area contributed by atoms with Crippen molar-refractivity contribution in [2.75, 3.05) is 16.8 Å². The Kier molecular flexibility index (Phi) is 7.47. The number of aromatic nitrogens is 3. The molecule has 196 valence electrons. The summed E-state index contributed by atoms with van der Waals surface area (Å²) in [7, 11) is 0. The first-order valence-corrected chi connectivity index (χ1v) is 12.4. The van der Waals surface area contributed by atoms with Crippen LogP contribution in [0.5, 0.6) is 0 Å². The van der Waals surface area contributed by atoms with E-state index < -0.39 is 47.3 Å². The smallest absolute Gasteiger partial charge is 0.471 e. The first-order valence-electron chi connectivity index (χ1n) is 10.4. The van der Waals surface area contributed by atoms with Gasteiger partial charge in [0.15, 0.2) is 0 Å². The van der Waals surface area contributed by atoms with E-state index in [0.29, 0.717) is 16.4 Å². The molecule has 6 N–H and O–H groups in total. The molecule has 0 radical (unpaired) electrons. The van der Waals surface area contributed by atoms with Crippen molar-refractivity contribution in [2.24, 2.45) is 5.73 Å². The van der Waals surface area contributed by atoms with E-state index in [0.717, 1.165) is 11.0 Å². The normalized spacial score (nSPS) is 20.1. The molecule has 2 aliphatic heterocycles. The van der Waals surface area contributed by atoms with Crippen molar-refractivity contribution in [3.63, 3.8) is 0 Å². The van der Waals surface area contributed by atoms with Gasteiger partial charge in [-0.2, -0.15) is 23.5 Å². The number of amides is 3. The number of benzene rings is 1. The highest BCUT2D eigenvalue weighted by atomic mass is 32.2. The standard InChI is InChI=1S/C20H18F3N7O5S2/c21-20(22,23)19(35)26-10-3-1-2-8(4-10)12(24)15(31)27-13-16(32)30-14(18(33)34)9(7-37-17(13)30)6-36-11-5-25-29-28-11/h1-5,12-13,17H,6-7,24H2,(H,26,35)(H,27,31)(H,33,34)(H,25,28,29)/t12?,13?,17-/m1/s1. The van der Waals surface area contributed by atoms with E-state index in [2.05, 4.69) is 20.7 Å². The number of β-lactam (4-membered cyclic amide) rings is 1. The number of thioether (sulfide) groups is 2. The van der Waals surface area contributed by atoms with Crippen molar-refractivity contribution in [1.82, 2.24) is 25.6 Å². The van der Waals surface area contributed by atoms with Crippen LogP contribution in [0.1, 0.15) is 11.6 Å². The van der Waals surface area contributed by atoms with E-state index in [-0.39, 0.29) is 22.7 Å². The molecule has 37 heavy (non-hydrogen) atoms. The minimum Gasteiger partial charge on any atom is -0.477 e. The lowest BCUT2D eigenvalue weighted by Crippen LogP contribution is -2.71. The molecule has 1 aromatic carbocycles. The van der Waals surface area contributed by atoms with Crippen molar-refractivity contribution in [1.29, 1.82) is 0 Å². The van der Waals surface area contributed by atoms with Gasteiger partial charge in [0.1, 0.15) is 28.2 Å². The Morgan fingerprint density at radius 3 is 2.76 bits per heavy atom. The second-order valence-electron chi connectivity index (χ2n) is 7.81. The molecule has 0 aliphatic carbocycles. The minimum absolute atomic E-state index is 0.0932. The Balaban J connectivity index is 1.42. The summed E-state index contributed by atoms with van der Waals surface area (Å²) in [5.74, 6) is -4.34. The van der Waals surface area contributed by atoms with Crippen molar-refractivity contribution in [3.8, 4) is 0 Å². The Bertz CT molecular complexity index is 1270. The van der Waals surface area contributed by atoms with Crippen molar-refractivity contribution in [3.05, 3.63) is 47.3 Å². The number of carbonyl (C=O) groups excluding carboxylic acids is 3. The molecular formula is C20H18F3N7O5S2. The highest BCUT2D eigenvalue weighted by Gasteiger charge is 2.54. The molecule has 3 amide bonds. The average molecular weight is 558 g/mol. The maximum Gasteiger partial charge on any atom is 0.471 e. The van der Waals surface area contributed by atoms with Gasteiger partial charge in [0.05, 0.1) is 6.20 Å². The first-order chi connectivity index (χ1) is 17.5. The number of nitrogens with one attached hydrogen (secondary N) is 3. The number of hydrogen-bond donors (Lipinski definition) is 5. The quantitative estimate of drug-likeness (QED) is 0.230. The second-order valence-corrected chi connectivity index (χ2v) is 9.91. The molecule has 4 rings (SSSR count). The summed E-state index contributed by atoms with van der Waals surface area (Å²) in [6.45, 7) is 0. The first kappa shape index (κ1) is 26.5. The maximum absolute atomic E-state index is 12.8. The molecular weight excluding hydrogens is 539 g/mol. The van der Waals surface area contributed by atoms with Crippen LogP contribution in [0.25, 0.3) is 0 Å². The number of carbonyl (C=O) groups is 4. The largest absolute Gasteiger partial charge is 0.477 e. The third-order valence-electron chi connectivity index (χ3n) is 5.38. The summed E-state index contributed by atoms with van der Waals surface area (Å²) in [5.41, 5.74) is 6.17. The summed E-state index contributed by atoms with van der Waals surface area (Å²) in [6.07, 6.45) is -3.62. The third-order valence-corrected chi connectivity index (χ3v) is 7.70. The van der Waals surface area contributed by atoms with Gasteiger partial charge in [-0.15, -0.1) is 16.9 Å². The molecule has 12 nitrogen and oxygen atoms in total. The van der Waals surface area contributed by atoms with E-state index >= 15 is 0 Å². The number of halogens is 3. The molecule has 3 heterocycles. The fraction of sp³-hybridized carbons (Fsp3) is 0.300. The van der Waals surface area contributed by atoms with Crippen LogP contribution in [0.15, 0.2) is 46.8 Å². The predicted octanol–water partition coefficient (Wildman–Crippen LogP) is 0.836. The average Bonchev–Trinajstić information content (AvgIpc) is 3.38. The molecule has 2 aliphatic rings. The Morgan fingerprint density at radius 1 is 1.35 bits per heavy atom. The number of rotatable bonds is 8. The number of alkyl halides is 3. The number of aliphatic carboxylic acids is 1. The van der Waals surface area contributed by atoms with Gasteiger partial charge in [-0.25, -0.2) is 4.79 Å². The number of carboxylic acid groups (broad SMARTS) is 1. The number of nitrogens with two attached hydrogens (primary N) is 1. The van der Waals surface area contributed by atoms with Crippen molar-refractivity contribution < 1.29 is 37.5 Å². The van der Waals surface area contributed by atoms with Crippen LogP contribution in [0.2, 0.25) is 0 Å². The van der Waals surface area contributed by atoms with Crippen molar-refractivity contribution >= 4 is 52.9 Å². The van der Waals surface area contributed by atoms with Gasteiger partial charge >= 0.3 is 18.1 Å². The second kappa shape index (κ2) is 10.4. The molecule has 3 atom stereocenters. The van der Waals surface area contributed by atoms with Gasteiger partial charge in [-0.3, -0.25) is 19.3 Å². The van der Waals surface area contributed by atoms with E-state index in [1.54, 1.807) is 5.32 Å². The molecule has 1 aromatic heterocycles. The number of anilines is 1. The van der Waals surface area contributed by atoms with Gasteiger partial charge in [0, 0.05) is 17.2 Å². The number of hydrogen-bond acceptors (Lipinski definition) is 9. The topological polar surface area (TPSA) is 183 Å². The summed E-state index contributed by atoms with van der Waals surface area (Å²) >= 11 is 2.52. The van der Waals surface area contributed by atoms with Crippen LogP contribution in [0, 0.1) is 0 Å². The summed E-state index contributed by atoms with van der Waals surface area (Å²) in [6, 6.07) is 2.58. The minimum atomic E-state index is -5.10. The number of nitrogens with zero attached hydrogens (tertiary/aromatic N) is 3. The number of fused-ring (bicyclic) bond motifs is 1. The fourth-order valence-electron chi connectivity index (χ4n) is 3.62. The lowest BCUT2D eigenvalue weighted by Gasteiger charge is -2.49. The van der Waals surface area contributed by atoms with E-state index in [4.69, 9.17) is 5.73 Å². The Labute approximate surface area is 214 Å². The molecule has 1 fully saturated rings. The molecule has 2 unspecified atom stereocenters. The van der Waals surface area contributed by atoms with Gasteiger partial charge in [0.2, 0.25) is 5.91 Å². The SMILES string of the molecule is NC(C(=O)NC1C(=O)N2C(C(=O)O)=C(CSc3cn[nH]n3)CS[C@H]12)c1cccc(NC(=O)C(F)(F)F)c1. The van der Waals surface area contributed by atoms with E-state index in [9.17, 15) is 37.5 Å². The van der Waals surface area contributed by atoms with Crippen LogP contribution < -0.4 is 16.4 Å². The van der Waals surface area contributed by atoms with Gasteiger partial charge in [-0.1, -0.05) is 23.9 Å². The summed E-state index contributed by atoms with van der Waals surface area (Å²) in [4.78, 5) is 49.8. The zero-order valence-corrected chi connectivity index (χ0v) is 20.1.